The highest BCUT2D eigenvalue weighted by molar-refractivity contribution is 5.49. The number of methoxy groups -OCH3 is 1. The summed E-state index contributed by atoms with van der Waals surface area (Å²) in [6.07, 6.45) is 1.99. The molecule has 2 heteroatoms. The smallest absolute Gasteiger partial charge is 0.119 e. The van der Waals surface area contributed by atoms with Gasteiger partial charge in [-0.2, -0.15) is 0 Å². The number of hydrogen-bond acceptors (Lipinski definition) is 2. The van der Waals surface area contributed by atoms with Crippen LogP contribution in [0.3, 0.4) is 0 Å². The average Bonchev–Trinajstić information content (AvgIpc) is 2.78. The topological polar surface area (TPSA) is 35.2 Å². The molecule has 0 saturated heterocycles. The molecule has 3 rings (SSSR count). The van der Waals surface area contributed by atoms with Crippen LogP contribution in [0.2, 0.25) is 0 Å². The molecule has 0 bridgehead atoms. The van der Waals surface area contributed by atoms with Crippen LogP contribution in [0.25, 0.3) is 0 Å². The second-order valence-electron chi connectivity index (χ2n) is 4.86. The summed E-state index contributed by atoms with van der Waals surface area (Å²) in [5.74, 6) is 0.876. The van der Waals surface area contributed by atoms with Crippen molar-refractivity contribution in [2.75, 3.05) is 7.11 Å². The first-order valence-electron chi connectivity index (χ1n) is 6.26. The van der Waals surface area contributed by atoms with Crippen molar-refractivity contribution in [3.8, 4) is 5.75 Å². The van der Waals surface area contributed by atoms with Crippen LogP contribution in [0.15, 0.2) is 48.5 Å². The lowest BCUT2D eigenvalue weighted by atomic mass is 9.85. The van der Waals surface area contributed by atoms with E-state index in [0.717, 1.165) is 18.6 Å². The average molecular weight is 239 g/mol. The molecule has 1 unspecified atom stereocenters. The molecule has 1 aliphatic carbocycles. The molecule has 0 saturated carbocycles. The van der Waals surface area contributed by atoms with E-state index in [2.05, 4.69) is 24.3 Å². The van der Waals surface area contributed by atoms with Crippen molar-refractivity contribution in [2.45, 2.75) is 18.4 Å². The van der Waals surface area contributed by atoms with E-state index in [4.69, 9.17) is 10.5 Å². The minimum atomic E-state index is -0.370. The normalized spacial score (nSPS) is 21.7. The third-order valence-corrected chi connectivity index (χ3v) is 3.88. The second-order valence-corrected chi connectivity index (χ2v) is 4.86. The molecular formula is C16H17NO. The molecule has 2 nitrogen and oxygen atoms in total. The van der Waals surface area contributed by atoms with Gasteiger partial charge in [0.25, 0.3) is 0 Å². The van der Waals surface area contributed by atoms with Crippen molar-refractivity contribution < 1.29 is 4.74 Å². The van der Waals surface area contributed by atoms with E-state index in [9.17, 15) is 0 Å². The number of ether oxygens (including phenoxy) is 1. The lowest BCUT2D eigenvalue weighted by molar-refractivity contribution is 0.413. The standard InChI is InChI=1S/C16H17NO/c1-18-14-8-7-12-9-10-16(17,15(12)11-14)13-5-3-2-4-6-13/h2-8,11H,9-10,17H2,1H3. The van der Waals surface area contributed by atoms with Crippen molar-refractivity contribution in [3.05, 3.63) is 65.2 Å². The summed E-state index contributed by atoms with van der Waals surface area (Å²) in [6.45, 7) is 0. The highest BCUT2D eigenvalue weighted by atomic mass is 16.5. The molecule has 92 valence electrons. The Morgan fingerprint density at radius 1 is 1.11 bits per heavy atom. The number of nitrogens with two attached hydrogens (primary N) is 1. The second kappa shape index (κ2) is 4.14. The van der Waals surface area contributed by atoms with Crippen LogP contribution in [0.4, 0.5) is 0 Å². The van der Waals surface area contributed by atoms with E-state index in [1.54, 1.807) is 7.11 Å². The molecule has 0 spiro atoms. The minimum Gasteiger partial charge on any atom is -0.497 e. The lowest BCUT2D eigenvalue weighted by Crippen LogP contribution is -2.35. The molecule has 18 heavy (non-hydrogen) atoms. The summed E-state index contributed by atoms with van der Waals surface area (Å²) in [5.41, 5.74) is 10.0. The molecule has 1 atom stereocenters. The molecule has 0 aliphatic heterocycles. The maximum atomic E-state index is 6.66. The van der Waals surface area contributed by atoms with Crippen molar-refractivity contribution in [1.82, 2.24) is 0 Å². The lowest BCUT2D eigenvalue weighted by Gasteiger charge is -2.26. The molecule has 0 aromatic heterocycles. The highest BCUT2D eigenvalue weighted by Gasteiger charge is 2.36. The van der Waals surface area contributed by atoms with Gasteiger partial charge in [0, 0.05) is 0 Å². The number of rotatable bonds is 2. The Bertz CT molecular complexity index is 565. The highest BCUT2D eigenvalue weighted by Crippen LogP contribution is 2.41. The van der Waals surface area contributed by atoms with Gasteiger partial charge in [0.15, 0.2) is 0 Å². The van der Waals surface area contributed by atoms with Crippen molar-refractivity contribution >= 4 is 0 Å². The zero-order chi connectivity index (χ0) is 12.6. The Balaban J connectivity index is 2.13. The fraction of sp³-hybridized carbons (Fsp3) is 0.250. The number of aryl methyl sites for hydroxylation is 1. The zero-order valence-corrected chi connectivity index (χ0v) is 10.5. The van der Waals surface area contributed by atoms with E-state index in [1.165, 1.54) is 16.7 Å². The summed E-state index contributed by atoms with van der Waals surface area (Å²) < 4.78 is 5.31. The summed E-state index contributed by atoms with van der Waals surface area (Å²) in [5, 5.41) is 0. The predicted octanol–water partition coefficient (Wildman–Crippen LogP) is 2.84. The monoisotopic (exact) mass is 239 g/mol. The van der Waals surface area contributed by atoms with Gasteiger partial charge in [-0.05, 0) is 41.7 Å². The fourth-order valence-corrected chi connectivity index (χ4v) is 2.82. The van der Waals surface area contributed by atoms with Gasteiger partial charge in [-0.1, -0.05) is 36.4 Å². The van der Waals surface area contributed by atoms with Crippen LogP contribution in [-0.2, 0) is 12.0 Å². The Morgan fingerprint density at radius 3 is 2.61 bits per heavy atom. The third kappa shape index (κ3) is 1.61. The summed E-state index contributed by atoms with van der Waals surface area (Å²) in [7, 11) is 1.69. The fourth-order valence-electron chi connectivity index (χ4n) is 2.82. The van der Waals surface area contributed by atoms with Gasteiger partial charge >= 0.3 is 0 Å². The first-order chi connectivity index (χ1) is 8.74. The van der Waals surface area contributed by atoms with Gasteiger partial charge in [0.2, 0.25) is 0 Å². The molecule has 2 aromatic rings. The van der Waals surface area contributed by atoms with Crippen LogP contribution in [0, 0.1) is 0 Å². The first kappa shape index (κ1) is 11.3. The zero-order valence-electron chi connectivity index (χ0n) is 10.5. The largest absolute Gasteiger partial charge is 0.497 e. The summed E-state index contributed by atoms with van der Waals surface area (Å²) in [6, 6.07) is 16.5. The van der Waals surface area contributed by atoms with Gasteiger partial charge in [-0.3, -0.25) is 0 Å². The van der Waals surface area contributed by atoms with Crippen LogP contribution >= 0.6 is 0 Å². The minimum absolute atomic E-state index is 0.370. The molecule has 0 fully saturated rings. The van der Waals surface area contributed by atoms with E-state index in [-0.39, 0.29) is 5.54 Å². The first-order valence-corrected chi connectivity index (χ1v) is 6.26. The van der Waals surface area contributed by atoms with E-state index < -0.39 is 0 Å². The summed E-state index contributed by atoms with van der Waals surface area (Å²) >= 11 is 0. The molecule has 0 radical (unpaired) electrons. The van der Waals surface area contributed by atoms with Gasteiger partial charge < -0.3 is 10.5 Å². The van der Waals surface area contributed by atoms with Crippen LogP contribution in [-0.4, -0.2) is 7.11 Å². The molecule has 0 heterocycles. The molecule has 2 aromatic carbocycles. The quantitative estimate of drug-likeness (QED) is 0.874. The van der Waals surface area contributed by atoms with Gasteiger partial charge in [-0.15, -0.1) is 0 Å². The Hall–Kier alpha value is -1.80. The Kier molecular flexibility index (Phi) is 2.60. The molecular weight excluding hydrogens is 222 g/mol. The summed E-state index contributed by atoms with van der Waals surface area (Å²) in [4.78, 5) is 0. The van der Waals surface area contributed by atoms with Crippen molar-refractivity contribution in [3.63, 3.8) is 0 Å². The molecule has 1 aliphatic rings. The van der Waals surface area contributed by atoms with Crippen LogP contribution in [0.1, 0.15) is 23.1 Å². The molecule has 0 amide bonds. The third-order valence-electron chi connectivity index (χ3n) is 3.88. The van der Waals surface area contributed by atoms with Crippen LogP contribution in [0.5, 0.6) is 5.75 Å². The molecule has 2 N–H and O–H groups in total. The van der Waals surface area contributed by atoms with Gasteiger partial charge in [0.05, 0.1) is 12.6 Å². The Labute approximate surface area is 107 Å². The van der Waals surface area contributed by atoms with E-state index in [0.29, 0.717) is 0 Å². The van der Waals surface area contributed by atoms with Crippen molar-refractivity contribution in [2.24, 2.45) is 5.73 Å². The maximum Gasteiger partial charge on any atom is 0.119 e. The maximum absolute atomic E-state index is 6.66. The van der Waals surface area contributed by atoms with E-state index >= 15 is 0 Å². The van der Waals surface area contributed by atoms with Gasteiger partial charge in [0.1, 0.15) is 5.75 Å². The SMILES string of the molecule is COc1ccc2c(c1)C(N)(c1ccccc1)CC2. The van der Waals surface area contributed by atoms with Crippen LogP contribution < -0.4 is 10.5 Å². The Morgan fingerprint density at radius 2 is 1.89 bits per heavy atom. The predicted molar refractivity (Wildman–Crippen MR) is 72.7 cm³/mol. The van der Waals surface area contributed by atoms with E-state index in [1.807, 2.05) is 24.3 Å². The number of fused-ring (bicyclic) bond motifs is 1. The van der Waals surface area contributed by atoms with Crippen molar-refractivity contribution in [1.29, 1.82) is 0 Å². The van der Waals surface area contributed by atoms with Gasteiger partial charge in [-0.25, -0.2) is 0 Å². The number of benzene rings is 2. The number of hydrogen-bond donors (Lipinski definition) is 1.